The van der Waals surface area contributed by atoms with E-state index in [9.17, 15) is 18.0 Å². The number of hydrogen-bond donors (Lipinski definition) is 0. The summed E-state index contributed by atoms with van der Waals surface area (Å²) in [5.74, 6) is -0.650. The van der Waals surface area contributed by atoms with Gasteiger partial charge in [-0.1, -0.05) is 18.2 Å². The zero-order valence-corrected chi connectivity index (χ0v) is 15.8. The zero-order valence-electron chi connectivity index (χ0n) is 15.0. The number of ether oxygens (including phenoxy) is 2. The lowest BCUT2D eigenvalue weighted by atomic mass is 10.2. The second-order valence-corrected chi connectivity index (χ2v) is 6.93. The fourth-order valence-corrected chi connectivity index (χ4v) is 3.11. The Hall–Kier alpha value is -3.13. The van der Waals surface area contributed by atoms with Gasteiger partial charge in [-0.05, 0) is 42.8 Å². The molecule has 0 atom stereocenters. The number of carbonyl (C=O) groups is 2. The van der Waals surface area contributed by atoms with Crippen molar-refractivity contribution >= 4 is 27.9 Å². The number of Topliss-reactive ketones (excluding diaryl/α,β-unsaturated/α-hetero) is 1. The van der Waals surface area contributed by atoms with Crippen molar-refractivity contribution in [2.75, 3.05) is 14.2 Å². The monoisotopic (exact) mass is 390 g/mol. The highest BCUT2D eigenvalue weighted by molar-refractivity contribution is 7.87. The molecule has 0 aliphatic heterocycles. The van der Waals surface area contributed by atoms with Crippen molar-refractivity contribution in [2.45, 2.75) is 11.8 Å². The van der Waals surface area contributed by atoms with Gasteiger partial charge in [-0.2, -0.15) is 8.42 Å². The third kappa shape index (κ3) is 5.18. The summed E-state index contributed by atoms with van der Waals surface area (Å²) in [5.41, 5.74) is 0.843. The van der Waals surface area contributed by atoms with Crippen molar-refractivity contribution < 1.29 is 31.7 Å². The molecule has 0 aromatic heterocycles. The molecule has 142 valence electrons. The molecule has 2 rings (SSSR count). The summed E-state index contributed by atoms with van der Waals surface area (Å²) in [5, 5.41) is 0. The lowest BCUT2D eigenvalue weighted by molar-refractivity contribution is -0.134. The van der Waals surface area contributed by atoms with E-state index in [0.717, 1.165) is 0 Å². The van der Waals surface area contributed by atoms with Crippen LogP contribution in [0.15, 0.2) is 53.4 Å². The zero-order chi connectivity index (χ0) is 20.0. The Bertz CT molecular complexity index is 991. The fraction of sp³-hybridized carbons (Fsp3) is 0.158. The van der Waals surface area contributed by atoms with Crippen LogP contribution >= 0.6 is 0 Å². The van der Waals surface area contributed by atoms with Crippen LogP contribution in [0.2, 0.25) is 0 Å². The lowest BCUT2D eigenvalue weighted by Gasteiger charge is -2.12. The van der Waals surface area contributed by atoms with Gasteiger partial charge in [-0.25, -0.2) is 4.79 Å². The molecule has 0 amide bonds. The van der Waals surface area contributed by atoms with Crippen molar-refractivity contribution in [1.29, 1.82) is 0 Å². The highest BCUT2D eigenvalue weighted by Gasteiger charge is 2.20. The van der Waals surface area contributed by atoms with Gasteiger partial charge in [-0.3, -0.25) is 4.79 Å². The summed E-state index contributed by atoms with van der Waals surface area (Å²) in [6, 6.07) is 10.0. The molecule has 0 spiro atoms. The molecule has 0 N–H and O–H groups in total. The number of ketones is 1. The van der Waals surface area contributed by atoms with Crippen molar-refractivity contribution in [3.05, 3.63) is 59.7 Å². The van der Waals surface area contributed by atoms with Gasteiger partial charge in [0.05, 0.1) is 14.2 Å². The highest BCUT2D eigenvalue weighted by Crippen LogP contribution is 2.31. The molecule has 7 nitrogen and oxygen atoms in total. The molecule has 0 radical (unpaired) electrons. The molecule has 0 saturated carbocycles. The third-order valence-electron chi connectivity index (χ3n) is 3.53. The molecule has 2 aromatic rings. The lowest BCUT2D eigenvalue weighted by Crippen LogP contribution is -2.11. The normalized spacial score (nSPS) is 11.2. The van der Waals surface area contributed by atoms with E-state index in [1.807, 2.05) is 0 Å². The number of hydrogen-bond acceptors (Lipinski definition) is 7. The Balaban J connectivity index is 2.33. The molecule has 8 heteroatoms. The first-order chi connectivity index (χ1) is 12.8. The Labute approximate surface area is 157 Å². The predicted molar refractivity (Wildman–Crippen MR) is 98.3 cm³/mol. The van der Waals surface area contributed by atoms with E-state index in [0.29, 0.717) is 5.56 Å². The largest absolute Gasteiger partial charge is 0.493 e. The van der Waals surface area contributed by atoms with Gasteiger partial charge < -0.3 is 13.7 Å². The number of benzene rings is 2. The average molecular weight is 390 g/mol. The van der Waals surface area contributed by atoms with Crippen LogP contribution in [0.1, 0.15) is 22.8 Å². The number of methoxy groups -OCH3 is 2. The van der Waals surface area contributed by atoms with Crippen LogP contribution < -0.4 is 8.92 Å². The second-order valence-electron chi connectivity index (χ2n) is 5.39. The van der Waals surface area contributed by atoms with Crippen LogP contribution in [0.25, 0.3) is 6.08 Å². The minimum absolute atomic E-state index is 0.0269. The summed E-state index contributed by atoms with van der Waals surface area (Å²) in [7, 11) is -1.55. The molecule has 0 saturated heterocycles. The van der Waals surface area contributed by atoms with Crippen LogP contribution in [0, 0.1) is 0 Å². The van der Waals surface area contributed by atoms with Gasteiger partial charge in [0.15, 0.2) is 17.3 Å². The van der Waals surface area contributed by atoms with E-state index in [1.165, 1.54) is 69.7 Å². The Morgan fingerprint density at radius 1 is 1.00 bits per heavy atom. The number of esters is 1. The summed E-state index contributed by atoms with van der Waals surface area (Å²) < 4.78 is 39.9. The van der Waals surface area contributed by atoms with Crippen LogP contribution in [-0.4, -0.2) is 34.4 Å². The van der Waals surface area contributed by atoms with Crippen LogP contribution in [-0.2, 0) is 19.6 Å². The molecular formula is C19H18O7S. The van der Waals surface area contributed by atoms with E-state index in [1.54, 1.807) is 6.07 Å². The molecule has 0 aliphatic rings. The number of rotatable bonds is 7. The smallest absolute Gasteiger partial charge is 0.339 e. The molecule has 2 aromatic carbocycles. The molecule has 0 heterocycles. The third-order valence-corrected chi connectivity index (χ3v) is 4.76. The molecule has 0 bridgehead atoms. The summed E-state index contributed by atoms with van der Waals surface area (Å²) in [6.07, 6.45) is 2.71. The summed E-state index contributed by atoms with van der Waals surface area (Å²) in [4.78, 5) is 22.5. The predicted octanol–water partition coefficient (Wildman–Crippen LogP) is 2.85. The first-order valence-corrected chi connectivity index (χ1v) is 9.17. The molecule has 0 unspecified atom stereocenters. The van der Waals surface area contributed by atoms with Crippen LogP contribution in [0.5, 0.6) is 11.5 Å². The van der Waals surface area contributed by atoms with E-state index in [4.69, 9.17) is 8.92 Å². The molecule has 0 aliphatic carbocycles. The summed E-state index contributed by atoms with van der Waals surface area (Å²) >= 11 is 0. The maximum Gasteiger partial charge on any atom is 0.339 e. The van der Waals surface area contributed by atoms with Crippen molar-refractivity contribution in [2.24, 2.45) is 0 Å². The maximum atomic E-state index is 12.5. The van der Waals surface area contributed by atoms with Gasteiger partial charge in [0.1, 0.15) is 4.90 Å². The van der Waals surface area contributed by atoms with Crippen molar-refractivity contribution in [3.8, 4) is 11.5 Å². The van der Waals surface area contributed by atoms with Gasteiger partial charge in [0.2, 0.25) is 0 Å². The van der Waals surface area contributed by atoms with Gasteiger partial charge in [-0.15, -0.1) is 0 Å². The second kappa shape index (κ2) is 8.50. The Kier molecular flexibility index (Phi) is 6.36. The molecule has 27 heavy (non-hydrogen) atoms. The van der Waals surface area contributed by atoms with E-state index in [2.05, 4.69) is 4.74 Å². The maximum absolute atomic E-state index is 12.5. The van der Waals surface area contributed by atoms with E-state index >= 15 is 0 Å². The Morgan fingerprint density at radius 2 is 1.74 bits per heavy atom. The SMILES string of the molecule is COC(=O)/C=C/c1ccc(OS(=O)(=O)c2cccc(C(C)=O)c2)c(OC)c1. The minimum atomic E-state index is -4.17. The van der Waals surface area contributed by atoms with Gasteiger partial charge >= 0.3 is 16.1 Å². The topological polar surface area (TPSA) is 96.0 Å². The van der Waals surface area contributed by atoms with Crippen molar-refractivity contribution in [3.63, 3.8) is 0 Å². The average Bonchev–Trinajstić information content (AvgIpc) is 2.66. The standard InChI is InChI=1S/C19H18O7S/c1-13(20)15-5-4-6-16(12-15)27(22,23)26-17-9-7-14(11-18(17)24-2)8-10-19(21)25-3/h4-12H,1-3H3/b10-8+. The molecular weight excluding hydrogens is 372 g/mol. The first kappa shape index (κ1) is 20.2. The van der Waals surface area contributed by atoms with Crippen LogP contribution in [0.3, 0.4) is 0 Å². The highest BCUT2D eigenvalue weighted by atomic mass is 32.2. The summed E-state index contributed by atoms with van der Waals surface area (Å²) in [6.45, 7) is 1.34. The first-order valence-electron chi connectivity index (χ1n) is 7.76. The quantitative estimate of drug-likeness (QED) is 0.310. The van der Waals surface area contributed by atoms with E-state index in [-0.39, 0.29) is 27.7 Å². The van der Waals surface area contributed by atoms with Gasteiger partial charge in [0, 0.05) is 11.6 Å². The van der Waals surface area contributed by atoms with Crippen LogP contribution in [0.4, 0.5) is 0 Å². The minimum Gasteiger partial charge on any atom is -0.493 e. The fourth-order valence-electron chi connectivity index (χ4n) is 2.13. The molecule has 0 fully saturated rings. The number of carbonyl (C=O) groups excluding carboxylic acids is 2. The van der Waals surface area contributed by atoms with Crippen molar-refractivity contribution in [1.82, 2.24) is 0 Å². The van der Waals surface area contributed by atoms with E-state index < -0.39 is 16.1 Å². The Morgan fingerprint density at radius 3 is 2.37 bits per heavy atom. The van der Waals surface area contributed by atoms with Gasteiger partial charge in [0.25, 0.3) is 0 Å².